The molecule has 0 saturated heterocycles. The van der Waals surface area contributed by atoms with Crippen molar-refractivity contribution in [2.24, 2.45) is 0 Å². The molecule has 10 aromatic rings. The molecule has 0 saturated carbocycles. The van der Waals surface area contributed by atoms with Crippen LogP contribution < -0.4 is 9.64 Å². The average molecular weight is 776 g/mol. The summed E-state index contributed by atoms with van der Waals surface area (Å²) >= 11 is 0. The molecule has 0 aromatic heterocycles. The highest BCUT2D eigenvalue weighted by atomic mass is 16.5. The van der Waals surface area contributed by atoms with Crippen LogP contribution in [0.4, 0.5) is 17.1 Å². The highest BCUT2D eigenvalue weighted by Gasteiger charge is 2.52. The summed E-state index contributed by atoms with van der Waals surface area (Å²) in [4.78, 5) is 2.49. The largest absolute Gasteiger partial charge is 0.456 e. The predicted octanol–water partition coefficient (Wildman–Crippen LogP) is 15.8. The third kappa shape index (κ3) is 4.73. The SMILES string of the molecule is c1ccc(-c2ccc(N(c3cccc4c3-c3ccc5ccccc5c3-c3ccccc3O4)c3cccc4c3-c3ccccc3C43c4ccccc4-c4ccccc43)cc2)cc1. The summed E-state index contributed by atoms with van der Waals surface area (Å²) in [6.07, 6.45) is 0. The summed E-state index contributed by atoms with van der Waals surface area (Å²) < 4.78 is 7.05. The number of fused-ring (bicyclic) bond motifs is 17. The van der Waals surface area contributed by atoms with Crippen LogP contribution in [0.3, 0.4) is 0 Å². The van der Waals surface area contributed by atoms with Crippen LogP contribution in [0.2, 0.25) is 0 Å². The molecule has 10 aromatic carbocycles. The third-order valence-electron chi connectivity index (χ3n) is 13.3. The lowest BCUT2D eigenvalue weighted by Crippen LogP contribution is -2.26. The van der Waals surface area contributed by atoms with E-state index in [4.69, 9.17) is 4.74 Å². The van der Waals surface area contributed by atoms with Crippen molar-refractivity contribution in [3.8, 4) is 67.1 Å². The maximum absolute atomic E-state index is 7.05. The fourth-order valence-electron chi connectivity index (χ4n) is 10.9. The number of hydrogen-bond donors (Lipinski definition) is 0. The van der Waals surface area contributed by atoms with Gasteiger partial charge >= 0.3 is 0 Å². The van der Waals surface area contributed by atoms with Gasteiger partial charge in [-0.3, -0.25) is 0 Å². The van der Waals surface area contributed by atoms with E-state index in [0.717, 1.165) is 45.3 Å². The Morgan fingerprint density at radius 3 is 1.61 bits per heavy atom. The summed E-state index contributed by atoms with van der Waals surface area (Å²) in [5, 5.41) is 2.40. The Morgan fingerprint density at radius 1 is 0.311 bits per heavy atom. The molecule has 1 heterocycles. The molecule has 1 spiro atoms. The molecule has 2 aliphatic carbocycles. The maximum Gasteiger partial charge on any atom is 0.137 e. The number of hydrogen-bond acceptors (Lipinski definition) is 2. The highest BCUT2D eigenvalue weighted by Crippen LogP contribution is 2.65. The minimum Gasteiger partial charge on any atom is -0.456 e. The molecular formula is C59H37NO. The van der Waals surface area contributed by atoms with Crippen molar-refractivity contribution >= 4 is 27.8 Å². The number of para-hydroxylation sites is 1. The lowest BCUT2D eigenvalue weighted by Gasteiger charge is -2.32. The van der Waals surface area contributed by atoms with Gasteiger partial charge in [-0.05, 0) is 103 Å². The summed E-state index contributed by atoms with van der Waals surface area (Å²) in [6, 6.07) is 82.2. The topological polar surface area (TPSA) is 12.5 Å². The van der Waals surface area contributed by atoms with Gasteiger partial charge in [0.2, 0.25) is 0 Å². The number of nitrogens with zero attached hydrogens (tertiary/aromatic N) is 1. The third-order valence-corrected chi connectivity index (χ3v) is 13.3. The molecule has 284 valence electrons. The Labute approximate surface area is 355 Å². The first-order valence-corrected chi connectivity index (χ1v) is 21.1. The van der Waals surface area contributed by atoms with Crippen LogP contribution in [-0.2, 0) is 5.41 Å². The smallest absolute Gasteiger partial charge is 0.137 e. The minimum absolute atomic E-state index is 0.470. The molecule has 2 nitrogen and oxygen atoms in total. The van der Waals surface area contributed by atoms with E-state index in [1.807, 2.05) is 0 Å². The predicted molar refractivity (Wildman–Crippen MR) is 251 cm³/mol. The van der Waals surface area contributed by atoms with Gasteiger partial charge in [-0.2, -0.15) is 0 Å². The number of rotatable bonds is 4. The number of ether oxygens (including phenoxy) is 1. The summed E-state index contributed by atoms with van der Waals surface area (Å²) in [6.45, 7) is 0. The van der Waals surface area contributed by atoms with Crippen molar-refractivity contribution in [2.75, 3.05) is 4.90 Å². The zero-order valence-corrected chi connectivity index (χ0v) is 33.2. The van der Waals surface area contributed by atoms with Gasteiger partial charge in [0.1, 0.15) is 11.5 Å². The lowest BCUT2D eigenvalue weighted by molar-refractivity contribution is 0.488. The zero-order valence-electron chi connectivity index (χ0n) is 33.2. The van der Waals surface area contributed by atoms with Gasteiger partial charge < -0.3 is 9.64 Å². The van der Waals surface area contributed by atoms with Crippen LogP contribution in [-0.4, -0.2) is 0 Å². The van der Waals surface area contributed by atoms with Gasteiger partial charge in [0, 0.05) is 27.9 Å². The van der Waals surface area contributed by atoms with Crippen LogP contribution in [0.5, 0.6) is 11.5 Å². The Balaban J connectivity index is 1.13. The Hall–Kier alpha value is -7.94. The van der Waals surface area contributed by atoms with E-state index >= 15 is 0 Å². The minimum atomic E-state index is -0.470. The molecule has 0 N–H and O–H groups in total. The van der Waals surface area contributed by atoms with Crippen LogP contribution in [0.1, 0.15) is 22.3 Å². The van der Waals surface area contributed by atoms with Crippen molar-refractivity contribution in [3.63, 3.8) is 0 Å². The first-order valence-electron chi connectivity index (χ1n) is 21.1. The first-order chi connectivity index (χ1) is 30.3. The van der Waals surface area contributed by atoms with E-state index in [1.54, 1.807) is 0 Å². The molecule has 13 rings (SSSR count). The second-order valence-corrected chi connectivity index (χ2v) is 16.3. The van der Waals surface area contributed by atoms with Crippen LogP contribution in [0.15, 0.2) is 224 Å². The first kappa shape index (κ1) is 34.0. The van der Waals surface area contributed by atoms with Gasteiger partial charge in [-0.25, -0.2) is 0 Å². The van der Waals surface area contributed by atoms with E-state index in [1.165, 1.54) is 72.0 Å². The van der Waals surface area contributed by atoms with E-state index in [9.17, 15) is 0 Å². The molecule has 0 amide bonds. The quantitative estimate of drug-likeness (QED) is 0.177. The molecule has 0 unspecified atom stereocenters. The molecule has 0 bridgehead atoms. The Bertz CT molecular complexity index is 3350. The molecule has 3 aliphatic rings. The Morgan fingerprint density at radius 2 is 0.852 bits per heavy atom. The van der Waals surface area contributed by atoms with E-state index in [0.29, 0.717) is 0 Å². The van der Waals surface area contributed by atoms with Crippen molar-refractivity contribution in [1.82, 2.24) is 0 Å². The molecule has 0 fully saturated rings. The summed E-state index contributed by atoms with van der Waals surface area (Å²) in [5.74, 6) is 1.68. The standard InChI is InChI=1S/C59H37NO/c1-2-16-38(17-3-1)39-32-35-41(36-33-39)60(53-29-15-31-55-58(53)47-37-34-40-18-4-5-19-42(40)56(47)46-23-9-13-30-54(46)61-55)52-28-14-27-51-57(52)45-22-8-12-26-50(45)59(51)48-24-10-6-20-43(48)44-21-7-11-25-49(44)59/h1-37H. The monoisotopic (exact) mass is 775 g/mol. The number of anilines is 3. The molecule has 2 heteroatoms. The molecule has 0 atom stereocenters. The lowest BCUT2D eigenvalue weighted by atomic mass is 9.70. The average Bonchev–Trinajstić information content (AvgIpc) is 3.74. The number of benzene rings is 10. The van der Waals surface area contributed by atoms with Crippen LogP contribution >= 0.6 is 0 Å². The molecule has 0 radical (unpaired) electrons. The van der Waals surface area contributed by atoms with Crippen molar-refractivity contribution < 1.29 is 4.74 Å². The van der Waals surface area contributed by atoms with Crippen LogP contribution in [0.25, 0.3) is 66.4 Å². The van der Waals surface area contributed by atoms with Gasteiger partial charge in [-0.15, -0.1) is 0 Å². The fraction of sp³-hybridized carbons (Fsp3) is 0.0169. The van der Waals surface area contributed by atoms with E-state index < -0.39 is 5.41 Å². The second-order valence-electron chi connectivity index (χ2n) is 16.3. The van der Waals surface area contributed by atoms with Gasteiger partial charge in [0.15, 0.2) is 0 Å². The summed E-state index contributed by atoms with van der Waals surface area (Å²) in [7, 11) is 0. The van der Waals surface area contributed by atoms with E-state index in [2.05, 4.69) is 229 Å². The van der Waals surface area contributed by atoms with Gasteiger partial charge in [-0.1, -0.05) is 188 Å². The normalized spacial score (nSPS) is 13.2. The van der Waals surface area contributed by atoms with Gasteiger partial charge in [0.05, 0.1) is 16.8 Å². The van der Waals surface area contributed by atoms with Crippen molar-refractivity contribution in [2.45, 2.75) is 5.41 Å². The second kappa shape index (κ2) is 13.0. The highest BCUT2D eigenvalue weighted by molar-refractivity contribution is 6.10. The van der Waals surface area contributed by atoms with Crippen molar-refractivity contribution in [3.05, 3.63) is 247 Å². The summed E-state index contributed by atoms with van der Waals surface area (Å²) in [5.41, 5.74) is 20.0. The van der Waals surface area contributed by atoms with Crippen LogP contribution in [0, 0.1) is 0 Å². The van der Waals surface area contributed by atoms with Crippen molar-refractivity contribution in [1.29, 1.82) is 0 Å². The van der Waals surface area contributed by atoms with E-state index in [-0.39, 0.29) is 0 Å². The maximum atomic E-state index is 7.05. The Kier molecular flexibility index (Phi) is 7.26. The fourth-order valence-corrected chi connectivity index (χ4v) is 10.9. The molecular weight excluding hydrogens is 739 g/mol. The molecule has 61 heavy (non-hydrogen) atoms. The van der Waals surface area contributed by atoms with Gasteiger partial charge in [0.25, 0.3) is 0 Å². The molecule has 1 aliphatic heterocycles. The zero-order chi connectivity index (χ0) is 40.1.